The van der Waals surface area contributed by atoms with Gasteiger partial charge in [-0.3, -0.25) is 0 Å². The van der Waals surface area contributed by atoms with Gasteiger partial charge in [-0.2, -0.15) is 0 Å². The Bertz CT molecular complexity index is 606. The first-order chi connectivity index (χ1) is 11.7. The Morgan fingerprint density at radius 1 is 1.00 bits per heavy atom. The summed E-state index contributed by atoms with van der Waals surface area (Å²) in [6.45, 7) is 12.6. The van der Waals surface area contributed by atoms with E-state index in [9.17, 15) is 0 Å². The number of hydrogen-bond donors (Lipinski definition) is 0. The summed E-state index contributed by atoms with van der Waals surface area (Å²) in [5.74, 6) is 3.70. The fraction of sp³-hybridized carbons (Fsp3) is 0.833. The van der Waals surface area contributed by atoms with Crippen LogP contribution in [0.25, 0.3) is 0 Å². The molecule has 4 aliphatic carbocycles. The first-order valence-corrected chi connectivity index (χ1v) is 11.6. The van der Waals surface area contributed by atoms with Crippen molar-refractivity contribution in [3.05, 3.63) is 23.3 Å². The lowest BCUT2D eigenvalue weighted by Crippen LogP contribution is -2.50. The molecule has 0 amide bonds. The van der Waals surface area contributed by atoms with E-state index in [2.05, 4.69) is 56.0 Å². The quantitative estimate of drug-likeness (QED) is 0.349. The summed E-state index contributed by atoms with van der Waals surface area (Å²) >= 11 is 0. The second kappa shape index (κ2) is 5.95. The minimum Gasteiger partial charge on any atom is -0.137 e. The Morgan fingerprint density at radius 3 is 2.40 bits per heavy atom. The van der Waals surface area contributed by atoms with Crippen molar-refractivity contribution < 1.29 is 0 Å². The Hall–Kier alpha value is -0.0900. The molecule has 0 N–H and O–H groups in total. The van der Waals surface area contributed by atoms with Gasteiger partial charge >= 0.3 is 0 Å². The molecule has 2 saturated carbocycles. The number of rotatable bonds is 1. The van der Waals surface area contributed by atoms with Crippen molar-refractivity contribution in [3.8, 4) is 0 Å². The van der Waals surface area contributed by atoms with Crippen molar-refractivity contribution in [1.29, 1.82) is 0 Å². The SMILES string of the molecule is CC(C)(C)C1=CCC2C3CC=C4CC(CP)CCC4(C)C3CCC12C. The van der Waals surface area contributed by atoms with E-state index in [0.717, 1.165) is 23.7 Å². The lowest BCUT2D eigenvalue weighted by molar-refractivity contribution is -0.0248. The number of hydrogen-bond acceptors (Lipinski definition) is 0. The molecule has 0 spiro atoms. The Labute approximate surface area is 158 Å². The predicted molar refractivity (Wildman–Crippen MR) is 113 cm³/mol. The summed E-state index contributed by atoms with van der Waals surface area (Å²) in [7, 11) is 3.00. The normalized spacial score (nSPS) is 46.6. The summed E-state index contributed by atoms with van der Waals surface area (Å²) in [5.41, 5.74) is 4.95. The van der Waals surface area contributed by atoms with E-state index >= 15 is 0 Å². The summed E-state index contributed by atoms with van der Waals surface area (Å²) in [4.78, 5) is 0. The fourth-order valence-corrected chi connectivity index (χ4v) is 8.07. The highest BCUT2D eigenvalue weighted by molar-refractivity contribution is 7.16. The Kier molecular flexibility index (Phi) is 4.35. The Morgan fingerprint density at radius 2 is 1.72 bits per heavy atom. The van der Waals surface area contributed by atoms with Crippen LogP contribution in [0.4, 0.5) is 0 Å². The zero-order valence-electron chi connectivity index (χ0n) is 17.2. The van der Waals surface area contributed by atoms with E-state index in [1.807, 2.05) is 5.57 Å². The molecule has 2 fully saturated rings. The van der Waals surface area contributed by atoms with E-state index in [1.54, 1.807) is 5.57 Å². The summed E-state index contributed by atoms with van der Waals surface area (Å²) in [5, 5.41) is 0. The summed E-state index contributed by atoms with van der Waals surface area (Å²) in [6.07, 6.45) is 16.5. The van der Waals surface area contributed by atoms with E-state index in [1.165, 1.54) is 51.1 Å². The standard InChI is InChI=1S/C24H39P/c1-22(2,3)21-9-8-19-18-7-6-17-14-16(15-25)10-12-23(17,4)20(18)11-13-24(19,21)5/h6,9,16,18-20H,7-8,10-15,25H2,1-5H3. The van der Waals surface area contributed by atoms with Crippen LogP contribution in [-0.2, 0) is 0 Å². The van der Waals surface area contributed by atoms with Gasteiger partial charge in [-0.25, -0.2) is 0 Å². The molecule has 1 heteroatoms. The van der Waals surface area contributed by atoms with E-state index in [4.69, 9.17) is 0 Å². The van der Waals surface area contributed by atoms with Gasteiger partial charge in [-0.05, 0) is 91.0 Å². The highest BCUT2D eigenvalue weighted by Crippen LogP contribution is 2.66. The molecule has 7 atom stereocenters. The molecule has 0 aliphatic heterocycles. The third-order valence-electron chi connectivity index (χ3n) is 8.93. The zero-order valence-corrected chi connectivity index (χ0v) is 18.4. The van der Waals surface area contributed by atoms with Crippen molar-refractivity contribution in [2.45, 2.75) is 79.6 Å². The van der Waals surface area contributed by atoms with Gasteiger partial charge in [0, 0.05) is 0 Å². The lowest BCUT2D eigenvalue weighted by atomic mass is 9.46. The van der Waals surface area contributed by atoms with Crippen LogP contribution in [0, 0.1) is 39.9 Å². The van der Waals surface area contributed by atoms with Crippen LogP contribution in [0.15, 0.2) is 23.3 Å². The maximum Gasteiger partial charge on any atom is -0.00770 e. The summed E-state index contributed by atoms with van der Waals surface area (Å²) in [6, 6.07) is 0. The van der Waals surface area contributed by atoms with Crippen LogP contribution in [-0.4, -0.2) is 6.16 Å². The van der Waals surface area contributed by atoms with Crippen LogP contribution in [0.2, 0.25) is 0 Å². The third-order valence-corrected chi connectivity index (χ3v) is 9.59. The average molecular weight is 359 g/mol. The molecule has 25 heavy (non-hydrogen) atoms. The minimum absolute atomic E-state index is 0.340. The molecule has 0 nitrogen and oxygen atoms in total. The highest BCUT2D eigenvalue weighted by Gasteiger charge is 2.57. The van der Waals surface area contributed by atoms with Gasteiger partial charge < -0.3 is 0 Å². The van der Waals surface area contributed by atoms with Crippen LogP contribution >= 0.6 is 9.24 Å². The van der Waals surface area contributed by atoms with Gasteiger partial charge in [0.2, 0.25) is 0 Å². The lowest BCUT2D eigenvalue weighted by Gasteiger charge is -2.58. The topological polar surface area (TPSA) is 0 Å². The molecule has 0 aromatic rings. The third kappa shape index (κ3) is 2.64. The molecule has 140 valence electrons. The Balaban J connectivity index is 1.64. The number of fused-ring (bicyclic) bond motifs is 5. The molecule has 0 saturated heterocycles. The van der Waals surface area contributed by atoms with E-state index in [-0.39, 0.29) is 0 Å². The fourth-order valence-electron chi connectivity index (χ4n) is 7.67. The molecule has 4 rings (SSSR count). The molecule has 0 radical (unpaired) electrons. The molecular formula is C24H39P. The average Bonchev–Trinajstić information content (AvgIpc) is 2.91. The van der Waals surface area contributed by atoms with E-state index in [0.29, 0.717) is 16.2 Å². The van der Waals surface area contributed by atoms with Crippen LogP contribution < -0.4 is 0 Å². The molecule has 7 unspecified atom stereocenters. The second-order valence-electron chi connectivity index (χ2n) is 11.2. The smallest absolute Gasteiger partial charge is 0.00770 e. The van der Waals surface area contributed by atoms with Crippen molar-refractivity contribution in [2.75, 3.05) is 6.16 Å². The van der Waals surface area contributed by atoms with Crippen LogP contribution in [0.5, 0.6) is 0 Å². The summed E-state index contributed by atoms with van der Waals surface area (Å²) < 4.78 is 0. The van der Waals surface area contributed by atoms with Gasteiger partial charge in [0.15, 0.2) is 0 Å². The highest BCUT2D eigenvalue weighted by atomic mass is 31.0. The van der Waals surface area contributed by atoms with Crippen molar-refractivity contribution in [2.24, 2.45) is 39.9 Å². The maximum atomic E-state index is 3.00. The van der Waals surface area contributed by atoms with Gasteiger partial charge in [-0.1, -0.05) is 57.9 Å². The van der Waals surface area contributed by atoms with Crippen molar-refractivity contribution in [3.63, 3.8) is 0 Å². The first-order valence-electron chi connectivity index (χ1n) is 10.8. The monoisotopic (exact) mass is 358 g/mol. The van der Waals surface area contributed by atoms with Gasteiger partial charge in [0.1, 0.15) is 0 Å². The zero-order chi connectivity index (χ0) is 18.0. The predicted octanol–water partition coefficient (Wildman–Crippen LogP) is 7.02. The van der Waals surface area contributed by atoms with Crippen molar-refractivity contribution in [1.82, 2.24) is 0 Å². The van der Waals surface area contributed by atoms with Gasteiger partial charge in [-0.15, -0.1) is 9.24 Å². The maximum absolute atomic E-state index is 3.00. The first kappa shape index (κ1) is 18.3. The molecule has 0 aromatic carbocycles. The molecule has 0 bridgehead atoms. The minimum atomic E-state index is 0.340. The van der Waals surface area contributed by atoms with Crippen LogP contribution in [0.1, 0.15) is 79.6 Å². The van der Waals surface area contributed by atoms with Gasteiger partial charge in [0.25, 0.3) is 0 Å². The van der Waals surface area contributed by atoms with Crippen LogP contribution in [0.3, 0.4) is 0 Å². The molecule has 0 aromatic heterocycles. The van der Waals surface area contributed by atoms with E-state index < -0.39 is 0 Å². The molecular weight excluding hydrogens is 319 g/mol. The molecule has 0 heterocycles. The van der Waals surface area contributed by atoms with Gasteiger partial charge in [0.05, 0.1) is 0 Å². The molecule has 4 aliphatic rings. The largest absolute Gasteiger partial charge is 0.137 e. The van der Waals surface area contributed by atoms with Crippen molar-refractivity contribution >= 4 is 9.24 Å². The second-order valence-corrected chi connectivity index (χ2v) is 11.6. The number of allylic oxidation sites excluding steroid dienone is 4.